The number of rotatable bonds is 10. The normalized spacial score (nSPS) is 17.5. The number of benzene rings is 4. The number of carbonyl (C=O) groups excluding carboxylic acids is 2. The molecule has 0 radical (unpaired) electrons. The van der Waals surface area contributed by atoms with Crippen LogP contribution in [0.2, 0.25) is 0 Å². The van der Waals surface area contributed by atoms with Crippen LogP contribution in [0.5, 0.6) is 0 Å². The van der Waals surface area contributed by atoms with Crippen molar-refractivity contribution in [3.05, 3.63) is 108 Å². The molecule has 40 heavy (non-hydrogen) atoms. The fraction of sp³-hybridized carbons (Fsp3) is 0.294. The van der Waals surface area contributed by atoms with Gasteiger partial charge in [0.25, 0.3) is 5.91 Å². The van der Waals surface area contributed by atoms with Crippen molar-refractivity contribution in [3.63, 3.8) is 0 Å². The first-order valence-corrected chi connectivity index (χ1v) is 14.3. The van der Waals surface area contributed by atoms with Crippen molar-refractivity contribution in [1.82, 2.24) is 15.5 Å². The van der Waals surface area contributed by atoms with E-state index in [0.29, 0.717) is 31.7 Å². The highest BCUT2D eigenvalue weighted by atomic mass is 16.2. The van der Waals surface area contributed by atoms with E-state index in [2.05, 4.69) is 53.1 Å². The van der Waals surface area contributed by atoms with Crippen molar-refractivity contribution in [1.29, 1.82) is 0 Å². The standard InChI is InChI=1S/C34H38N4O2/c35-20-7-6-12-32-34(40)38(24-25-13-14-27-10-4-5-11-30(27)22-25)21-19-31(37-32)23-36-33(39)29-17-15-28(16-18-29)26-8-2-1-3-9-26/h1-5,8-11,13-18,22,31-32,37H,6-7,12,19-21,23-24,35H2,(H,36,39)/t31-,32-/m0/s1. The smallest absolute Gasteiger partial charge is 0.251 e. The molecule has 1 heterocycles. The number of unbranched alkanes of at least 4 members (excludes halogenated alkanes) is 1. The second-order valence-electron chi connectivity index (χ2n) is 10.6. The molecule has 6 heteroatoms. The summed E-state index contributed by atoms with van der Waals surface area (Å²) in [5.41, 5.74) is 9.68. The average Bonchev–Trinajstić information content (AvgIpc) is 3.14. The third kappa shape index (κ3) is 6.95. The molecule has 1 saturated heterocycles. The first-order valence-electron chi connectivity index (χ1n) is 14.3. The summed E-state index contributed by atoms with van der Waals surface area (Å²) in [7, 11) is 0. The molecule has 0 aromatic heterocycles. The van der Waals surface area contributed by atoms with Crippen molar-refractivity contribution in [3.8, 4) is 11.1 Å². The van der Waals surface area contributed by atoms with Crippen LogP contribution < -0.4 is 16.4 Å². The predicted molar refractivity (Wildman–Crippen MR) is 162 cm³/mol. The summed E-state index contributed by atoms with van der Waals surface area (Å²) in [6, 6.07) is 32.2. The Morgan fingerprint density at radius 3 is 2.38 bits per heavy atom. The molecule has 4 aromatic rings. The molecular formula is C34H38N4O2. The van der Waals surface area contributed by atoms with Crippen LogP contribution in [0.15, 0.2) is 97.1 Å². The predicted octanol–water partition coefficient (Wildman–Crippen LogP) is 5.12. The third-order valence-corrected chi connectivity index (χ3v) is 7.69. The lowest BCUT2D eigenvalue weighted by atomic mass is 10.0. The molecule has 5 rings (SSSR count). The monoisotopic (exact) mass is 534 g/mol. The number of fused-ring (bicyclic) bond motifs is 1. The first kappa shape index (κ1) is 27.6. The molecule has 2 atom stereocenters. The van der Waals surface area contributed by atoms with E-state index in [1.165, 1.54) is 10.8 Å². The summed E-state index contributed by atoms with van der Waals surface area (Å²) in [5.74, 6) is 0.0141. The largest absolute Gasteiger partial charge is 0.350 e. The van der Waals surface area contributed by atoms with Crippen LogP contribution >= 0.6 is 0 Å². The van der Waals surface area contributed by atoms with Gasteiger partial charge in [0, 0.05) is 31.2 Å². The maximum Gasteiger partial charge on any atom is 0.251 e. The van der Waals surface area contributed by atoms with E-state index in [9.17, 15) is 9.59 Å². The van der Waals surface area contributed by atoms with E-state index >= 15 is 0 Å². The Hall–Kier alpha value is -4.00. The Bertz CT molecular complexity index is 1420. The summed E-state index contributed by atoms with van der Waals surface area (Å²) in [4.78, 5) is 28.5. The van der Waals surface area contributed by atoms with Gasteiger partial charge >= 0.3 is 0 Å². The zero-order valence-electron chi connectivity index (χ0n) is 22.9. The van der Waals surface area contributed by atoms with Gasteiger partial charge in [-0.05, 0) is 71.5 Å². The number of carbonyl (C=O) groups is 2. The molecule has 1 aliphatic heterocycles. The van der Waals surface area contributed by atoms with Gasteiger partial charge in [0.15, 0.2) is 0 Å². The highest BCUT2D eigenvalue weighted by molar-refractivity contribution is 5.94. The third-order valence-electron chi connectivity index (χ3n) is 7.69. The number of nitrogens with zero attached hydrogens (tertiary/aromatic N) is 1. The minimum atomic E-state index is -0.290. The summed E-state index contributed by atoms with van der Waals surface area (Å²) in [6.07, 6.45) is 3.27. The van der Waals surface area contributed by atoms with Gasteiger partial charge in [-0.25, -0.2) is 0 Å². The van der Waals surface area contributed by atoms with Crippen LogP contribution in [-0.2, 0) is 11.3 Å². The highest BCUT2D eigenvalue weighted by Crippen LogP contribution is 2.21. The van der Waals surface area contributed by atoms with Crippen LogP contribution in [0, 0.1) is 0 Å². The molecule has 0 bridgehead atoms. The molecule has 0 unspecified atom stereocenters. The van der Waals surface area contributed by atoms with Crippen molar-refractivity contribution in [2.45, 2.75) is 44.3 Å². The van der Waals surface area contributed by atoms with Crippen LogP contribution in [0.3, 0.4) is 0 Å². The Balaban J connectivity index is 1.23. The molecule has 1 fully saturated rings. The Kier molecular flexibility index (Phi) is 9.22. The average molecular weight is 535 g/mol. The van der Waals surface area contributed by atoms with Crippen molar-refractivity contribution < 1.29 is 9.59 Å². The number of nitrogens with one attached hydrogen (secondary N) is 2. The lowest BCUT2D eigenvalue weighted by Gasteiger charge is -2.25. The van der Waals surface area contributed by atoms with Crippen molar-refractivity contribution in [2.24, 2.45) is 5.73 Å². The van der Waals surface area contributed by atoms with E-state index in [-0.39, 0.29) is 23.9 Å². The van der Waals surface area contributed by atoms with Gasteiger partial charge < -0.3 is 21.3 Å². The van der Waals surface area contributed by atoms with Gasteiger partial charge in [0.1, 0.15) is 0 Å². The SMILES string of the molecule is NCCCC[C@@H]1N[C@H](CNC(=O)c2ccc(-c3ccccc3)cc2)CCN(Cc2ccc3ccccc3c2)C1=O. The quantitative estimate of drug-likeness (QED) is 0.246. The van der Waals surface area contributed by atoms with Gasteiger partial charge in [-0.1, -0.05) is 85.3 Å². The Morgan fingerprint density at radius 1 is 0.875 bits per heavy atom. The maximum atomic E-state index is 13.6. The van der Waals surface area contributed by atoms with Crippen LogP contribution in [0.1, 0.15) is 41.6 Å². The van der Waals surface area contributed by atoms with Crippen molar-refractivity contribution in [2.75, 3.05) is 19.6 Å². The molecular weight excluding hydrogens is 496 g/mol. The van der Waals surface area contributed by atoms with E-state index in [1.807, 2.05) is 59.5 Å². The fourth-order valence-corrected chi connectivity index (χ4v) is 5.42. The number of nitrogens with two attached hydrogens (primary N) is 1. The number of amides is 2. The lowest BCUT2D eigenvalue weighted by Crippen LogP contribution is -2.48. The number of hydrogen-bond acceptors (Lipinski definition) is 4. The second-order valence-corrected chi connectivity index (χ2v) is 10.6. The zero-order valence-corrected chi connectivity index (χ0v) is 22.9. The summed E-state index contributed by atoms with van der Waals surface area (Å²) >= 11 is 0. The van der Waals surface area contributed by atoms with Crippen LogP contribution in [0.25, 0.3) is 21.9 Å². The summed E-state index contributed by atoms with van der Waals surface area (Å²) in [6.45, 7) is 2.29. The summed E-state index contributed by atoms with van der Waals surface area (Å²) < 4.78 is 0. The van der Waals surface area contributed by atoms with E-state index in [0.717, 1.165) is 42.4 Å². The molecule has 0 aliphatic carbocycles. The molecule has 6 nitrogen and oxygen atoms in total. The first-order chi connectivity index (χ1) is 19.6. The highest BCUT2D eigenvalue weighted by Gasteiger charge is 2.30. The maximum absolute atomic E-state index is 13.6. The minimum Gasteiger partial charge on any atom is -0.350 e. The van der Waals surface area contributed by atoms with E-state index < -0.39 is 0 Å². The molecule has 4 N–H and O–H groups in total. The van der Waals surface area contributed by atoms with Gasteiger partial charge in [-0.15, -0.1) is 0 Å². The topological polar surface area (TPSA) is 87.5 Å². The van der Waals surface area contributed by atoms with Crippen LogP contribution in [0.4, 0.5) is 0 Å². The van der Waals surface area contributed by atoms with Crippen molar-refractivity contribution >= 4 is 22.6 Å². The zero-order chi connectivity index (χ0) is 27.7. The fourth-order valence-electron chi connectivity index (χ4n) is 5.42. The minimum absolute atomic E-state index is 0.000900. The van der Waals surface area contributed by atoms with E-state index in [1.54, 1.807) is 0 Å². The Morgan fingerprint density at radius 2 is 1.60 bits per heavy atom. The number of hydrogen-bond donors (Lipinski definition) is 3. The molecule has 0 spiro atoms. The lowest BCUT2D eigenvalue weighted by molar-refractivity contribution is -0.133. The van der Waals surface area contributed by atoms with Gasteiger partial charge in [0.05, 0.1) is 6.04 Å². The molecule has 1 aliphatic rings. The van der Waals surface area contributed by atoms with Gasteiger partial charge in [-0.2, -0.15) is 0 Å². The molecule has 206 valence electrons. The second kappa shape index (κ2) is 13.4. The summed E-state index contributed by atoms with van der Waals surface area (Å²) in [5, 5.41) is 9.03. The van der Waals surface area contributed by atoms with Crippen LogP contribution in [-0.4, -0.2) is 48.4 Å². The Labute approximate surface area is 236 Å². The molecule has 0 saturated carbocycles. The molecule has 4 aromatic carbocycles. The van der Waals surface area contributed by atoms with Gasteiger partial charge in [-0.3, -0.25) is 9.59 Å². The molecule has 2 amide bonds. The van der Waals surface area contributed by atoms with E-state index in [4.69, 9.17) is 5.73 Å². The van der Waals surface area contributed by atoms with Gasteiger partial charge in [0.2, 0.25) is 5.91 Å².